The van der Waals surface area contributed by atoms with E-state index in [0.717, 1.165) is 25.6 Å². The minimum absolute atomic E-state index is 0.599. The second kappa shape index (κ2) is 5.48. The van der Waals surface area contributed by atoms with Crippen LogP contribution in [0, 0.1) is 3.57 Å². The van der Waals surface area contributed by atoms with Crippen molar-refractivity contribution in [3.05, 3.63) is 68.7 Å². The Kier molecular flexibility index (Phi) is 3.54. The van der Waals surface area contributed by atoms with Crippen molar-refractivity contribution in [2.45, 2.75) is 0 Å². The first-order valence-electron chi connectivity index (χ1n) is 5.98. The van der Waals surface area contributed by atoms with E-state index in [1.807, 2.05) is 42.5 Å². The summed E-state index contributed by atoms with van der Waals surface area (Å²) in [6.07, 6.45) is 1.77. The zero-order valence-corrected chi connectivity index (χ0v) is 12.5. The van der Waals surface area contributed by atoms with Gasteiger partial charge in [0, 0.05) is 31.3 Å². The van der Waals surface area contributed by atoms with Gasteiger partial charge in [0.25, 0.3) is 0 Å². The third-order valence-electron chi connectivity index (χ3n) is 2.99. The number of rotatable bonds is 2. The van der Waals surface area contributed by atoms with Crippen LogP contribution in [0.2, 0.25) is 0 Å². The predicted molar refractivity (Wildman–Crippen MR) is 88.7 cm³/mol. The van der Waals surface area contributed by atoms with Crippen molar-refractivity contribution < 1.29 is 0 Å². The molecule has 0 atom stereocenters. The normalized spacial score (nSPS) is 10.2. The van der Waals surface area contributed by atoms with E-state index < -0.39 is 0 Å². The molecule has 4 nitrogen and oxygen atoms in total. The second-order valence-corrected chi connectivity index (χ2v) is 5.51. The van der Waals surface area contributed by atoms with Gasteiger partial charge in [-0.1, -0.05) is 23.3 Å². The molecular formula is C15H9IN4. The first kappa shape index (κ1) is 12.9. The fourth-order valence-corrected chi connectivity index (χ4v) is 2.71. The first-order chi connectivity index (χ1) is 9.78. The molecule has 0 N–H and O–H groups in total. The largest absolute Gasteiger partial charge is 0.256 e. The van der Waals surface area contributed by atoms with Crippen molar-refractivity contribution >= 4 is 39.2 Å². The highest BCUT2D eigenvalue weighted by atomic mass is 127. The monoisotopic (exact) mass is 372 g/mol. The molecule has 3 aromatic rings. The Morgan fingerprint density at radius 1 is 1.10 bits per heavy atom. The fraction of sp³-hybridized carbons (Fsp3) is 0. The third-order valence-corrected chi connectivity index (χ3v) is 3.66. The van der Waals surface area contributed by atoms with E-state index in [1.165, 1.54) is 0 Å². The van der Waals surface area contributed by atoms with Crippen LogP contribution in [0.3, 0.4) is 0 Å². The van der Waals surface area contributed by atoms with E-state index in [9.17, 15) is 0 Å². The van der Waals surface area contributed by atoms with Gasteiger partial charge in [0.1, 0.15) is 0 Å². The van der Waals surface area contributed by atoms with E-state index in [4.69, 9.17) is 5.53 Å². The Balaban J connectivity index is 2.35. The van der Waals surface area contributed by atoms with Crippen molar-refractivity contribution in [1.29, 1.82) is 0 Å². The highest BCUT2D eigenvalue weighted by Gasteiger charge is 2.07. The molecule has 0 saturated heterocycles. The quantitative estimate of drug-likeness (QED) is 0.255. The van der Waals surface area contributed by atoms with E-state index in [-0.39, 0.29) is 0 Å². The van der Waals surface area contributed by atoms with Crippen LogP contribution in [0.25, 0.3) is 32.5 Å². The lowest BCUT2D eigenvalue weighted by Gasteiger charge is -2.08. The summed E-state index contributed by atoms with van der Waals surface area (Å²) in [5.74, 6) is 0. The summed E-state index contributed by atoms with van der Waals surface area (Å²) in [6.45, 7) is 0. The Morgan fingerprint density at radius 2 is 2.00 bits per heavy atom. The predicted octanol–water partition coefficient (Wildman–Crippen LogP) is 5.45. The fourth-order valence-electron chi connectivity index (χ4n) is 2.16. The second-order valence-electron chi connectivity index (χ2n) is 4.27. The number of aromatic nitrogens is 1. The maximum Gasteiger partial charge on any atom is 0.0780 e. The number of hydrogen-bond acceptors (Lipinski definition) is 2. The lowest BCUT2D eigenvalue weighted by atomic mass is 10.0. The lowest BCUT2D eigenvalue weighted by molar-refractivity contribution is 1.40. The smallest absolute Gasteiger partial charge is 0.0780 e. The average Bonchev–Trinajstić information content (AvgIpc) is 2.47. The van der Waals surface area contributed by atoms with Gasteiger partial charge in [-0.15, -0.1) is 0 Å². The van der Waals surface area contributed by atoms with Crippen LogP contribution in [-0.2, 0) is 0 Å². The standard InChI is InChI=1S/C15H9IN4/c16-12-5-1-3-10(7-12)14-9-13(19-20-17)8-11-4-2-6-18-15(11)14/h1-9H. The van der Waals surface area contributed by atoms with Crippen molar-refractivity contribution in [3.8, 4) is 11.1 Å². The molecule has 2 aromatic carbocycles. The molecule has 20 heavy (non-hydrogen) atoms. The molecule has 0 bridgehead atoms. The molecule has 0 fully saturated rings. The van der Waals surface area contributed by atoms with Gasteiger partial charge in [0.2, 0.25) is 0 Å². The molecule has 0 amide bonds. The van der Waals surface area contributed by atoms with Crippen molar-refractivity contribution in [3.63, 3.8) is 0 Å². The van der Waals surface area contributed by atoms with Crippen molar-refractivity contribution in [2.75, 3.05) is 0 Å². The van der Waals surface area contributed by atoms with Gasteiger partial charge in [-0.25, -0.2) is 0 Å². The van der Waals surface area contributed by atoms with Crippen LogP contribution in [0.15, 0.2) is 59.8 Å². The number of hydrogen-bond donors (Lipinski definition) is 0. The minimum atomic E-state index is 0.599. The van der Waals surface area contributed by atoms with Gasteiger partial charge in [0.15, 0.2) is 0 Å². The molecule has 0 aliphatic rings. The van der Waals surface area contributed by atoms with E-state index in [0.29, 0.717) is 5.69 Å². The van der Waals surface area contributed by atoms with Crippen LogP contribution in [0.1, 0.15) is 0 Å². The zero-order valence-electron chi connectivity index (χ0n) is 10.4. The lowest BCUT2D eigenvalue weighted by Crippen LogP contribution is -1.85. The number of halogens is 1. The van der Waals surface area contributed by atoms with Gasteiger partial charge in [-0.2, -0.15) is 0 Å². The van der Waals surface area contributed by atoms with Gasteiger partial charge in [0.05, 0.1) is 5.52 Å². The number of pyridine rings is 1. The average molecular weight is 372 g/mol. The zero-order chi connectivity index (χ0) is 13.9. The summed E-state index contributed by atoms with van der Waals surface area (Å²) in [5, 5.41) is 4.68. The summed E-state index contributed by atoms with van der Waals surface area (Å²) in [7, 11) is 0. The number of nitrogens with zero attached hydrogens (tertiary/aromatic N) is 4. The maximum absolute atomic E-state index is 8.64. The van der Waals surface area contributed by atoms with Crippen LogP contribution < -0.4 is 0 Å². The third kappa shape index (κ3) is 2.45. The van der Waals surface area contributed by atoms with Crippen LogP contribution in [-0.4, -0.2) is 4.98 Å². The molecule has 1 heterocycles. The molecule has 5 heteroatoms. The van der Waals surface area contributed by atoms with Gasteiger partial charge in [-0.05, 0) is 64.0 Å². The topological polar surface area (TPSA) is 61.7 Å². The number of benzene rings is 2. The van der Waals surface area contributed by atoms with Crippen LogP contribution in [0.4, 0.5) is 5.69 Å². The molecule has 0 radical (unpaired) electrons. The summed E-state index contributed by atoms with van der Waals surface area (Å²) < 4.78 is 1.15. The summed E-state index contributed by atoms with van der Waals surface area (Å²) in [6, 6.07) is 15.7. The highest BCUT2D eigenvalue weighted by Crippen LogP contribution is 2.32. The number of azide groups is 1. The van der Waals surface area contributed by atoms with Crippen molar-refractivity contribution in [1.82, 2.24) is 4.98 Å². The first-order valence-corrected chi connectivity index (χ1v) is 7.05. The molecule has 0 unspecified atom stereocenters. The molecular weight excluding hydrogens is 363 g/mol. The molecule has 1 aromatic heterocycles. The Hall–Kier alpha value is -2.11. The summed E-state index contributed by atoms with van der Waals surface area (Å²) in [4.78, 5) is 7.32. The summed E-state index contributed by atoms with van der Waals surface area (Å²) in [5.41, 5.74) is 12.2. The molecule has 0 aliphatic carbocycles. The van der Waals surface area contributed by atoms with Gasteiger partial charge >= 0.3 is 0 Å². The SMILES string of the molecule is [N-]=[N+]=Nc1cc(-c2cccc(I)c2)c2ncccc2c1. The highest BCUT2D eigenvalue weighted by molar-refractivity contribution is 14.1. The number of fused-ring (bicyclic) bond motifs is 1. The Morgan fingerprint density at radius 3 is 2.80 bits per heavy atom. The van der Waals surface area contributed by atoms with E-state index in [1.54, 1.807) is 6.20 Å². The molecule has 3 rings (SSSR count). The van der Waals surface area contributed by atoms with Gasteiger partial charge in [-0.3, -0.25) is 4.98 Å². The van der Waals surface area contributed by atoms with E-state index >= 15 is 0 Å². The van der Waals surface area contributed by atoms with Crippen molar-refractivity contribution in [2.24, 2.45) is 5.11 Å². The Bertz CT molecular complexity index is 838. The summed E-state index contributed by atoms with van der Waals surface area (Å²) >= 11 is 2.28. The van der Waals surface area contributed by atoms with Crippen LogP contribution in [0.5, 0.6) is 0 Å². The van der Waals surface area contributed by atoms with E-state index in [2.05, 4.69) is 43.7 Å². The maximum atomic E-state index is 8.64. The Labute approximate surface area is 129 Å². The molecule has 0 aliphatic heterocycles. The molecule has 0 spiro atoms. The molecule has 0 saturated carbocycles. The van der Waals surface area contributed by atoms with Crippen LogP contribution >= 0.6 is 22.6 Å². The van der Waals surface area contributed by atoms with Gasteiger partial charge < -0.3 is 0 Å². The molecule has 96 valence electrons. The minimum Gasteiger partial charge on any atom is -0.256 e.